The van der Waals surface area contributed by atoms with Crippen LogP contribution in [0.15, 0.2) is 54.6 Å². The molecule has 0 spiro atoms. The van der Waals surface area contributed by atoms with E-state index in [1.165, 1.54) is 11.1 Å². The van der Waals surface area contributed by atoms with Crippen molar-refractivity contribution in [3.8, 4) is 5.75 Å². The first-order chi connectivity index (χ1) is 13.5. The minimum atomic E-state index is 0.437. The van der Waals surface area contributed by atoms with E-state index in [1.54, 1.807) is 7.11 Å². The third kappa shape index (κ3) is 5.22. The quantitative estimate of drug-likeness (QED) is 0.557. The minimum Gasteiger partial charge on any atom is -0.497 e. The number of para-hydroxylation sites is 1. The molecular formula is C23H28N4O. The third-order valence-electron chi connectivity index (χ3n) is 4.53. The van der Waals surface area contributed by atoms with Crippen LogP contribution in [0.4, 0.5) is 17.5 Å². The Morgan fingerprint density at radius 2 is 1.82 bits per heavy atom. The Balaban J connectivity index is 1.68. The average molecular weight is 377 g/mol. The summed E-state index contributed by atoms with van der Waals surface area (Å²) in [5.41, 5.74) is 4.48. The largest absolute Gasteiger partial charge is 0.497 e. The van der Waals surface area contributed by atoms with Crippen LogP contribution in [0.2, 0.25) is 0 Å². The molecule has 3 aromatic rings. The minimum absolute atomic E-state index is 0.437. The van der Waals surface area contributed by atoms with E-state index in [0.717, 1.165) is 35.9 Å². The van der Waals surface area contributed by atoms with Gasteiger partial charge in [-0.15, -0.1) is 0 Å². The van der Waals surface area contributed by atoms with Crippen LogP contribution in [0.3, 0.4) is 0 Å². The summed E-state index contributed by atoms with van der Waals surface area (Å²) >= 11 is 0. The van der Waals surface area contributed by atoms with Crippen molar-refractivity contribution in [2.45, 2.75) is 33.1 Å². The molecule has 2 N–H and O–H groups in total. The number of aromatic nitrogens is 2. The molecule has 5 heteroatoms. The summed E-state index contributed by atoms with van der Waals surface area (Å²) in [5, 5.41) is 6.78. The van der Waals surface area contributed by atoms with Gasteiger partial charge in [-0.25, -0.2) is 4.98 Å². The van der Waals surface area contributed by atoms with E-state index < -0.39 is 0 Å². The van der Waals surface area contributed by atoms with Gasteiger partial charge in [-0.3, -0.25) is 0 Å². The second-order valence-electron chi connectivity index (χ2n) is 7.11. The highest BCUT2D eigenvalue weighted by atomic mass is 16.5. The predicted molar refractivity (Wildman–Crippen MR) is 116 cm³/mol. The highest BCUT2D eigenvalue weighted by Gasteiger charge is 2.08. The van der Waals surface area contributed by atoms with Gasteiger partial charge in [0.2, 0.25) is 5.95 Å². The maximum Gasteiger partial charge on any atom is 0.224 e. The zero-order valence-electron chi connectivity index (χ0n) is 17.0. The molecule has 0 aliphatic carbocycles. The first-order valence-corrected chi connectivity index (χ1v) is 9.63. The van der Waals surface area contributed by atoms with Gasteiger partial charge in [0.05, 0.1) is 7.11 Å². The van der Waals surface area contributed by atoms with E-state index in [2.05, 4.69) is 64.8 Å². The first-order valence-electron chi connectivity index (χ1n) is 9.63. The molecule has 28 heavy (non-hydrogen) atoms. The number of methoxy groups -OCH3 is 1. The average Bonchev–Trinajstić information content (AvgIpc) is 2.68. The van der Waals surface area contributed by atoms with Gasteiger partial charge in [0, 0.05) is 24.0 Å². The predicted octanol–water partition coefficient (Wildman–Crippen LogP) is 5.32. The molecule has 1 aromatic heterocycles. The fourth-order valence-electron chi connectivity index (χ4n) is 3.11. The van der Waals surface area contributed by atoms with Crippen molar-refractivity contribution in [2.75, 3.05) is 24.3 Å². The summed E-state index contributed by atoms with van der Waals surface area (Å²) in [6.07, 6.45) is 0.868. The molecule has 1 heterocycles. The second-order valence-corrected chi connectivity index (χ2v) is 7.11. The number of anilines is 3. The molecule has 3 rings (SSSR count). The number of nitrogens with one attached hydrogen (secondary N) is 2. The third-order valence-corrected chi connectivity index (χ3v) is 4.53. The van der Waals surface area contributed by atoms with Crippen molar-refractivity contribution < 1.29 is 4.74 Å². The van der Waals surface area contributed by atoms with Gasteiger partial charge < -0.3 is 15.4 Å². The number of rotatable bonds is 8. The zero-order chi connectivity index (χ0) is 19.9. The molecule has 0 saturated heterocycles. The number of benzene rings is 2. The monoisotopic (exact) mass is 376 g/mol. The Morgan fingerprint density at radius 3 is 2.61 bits per heavy atom. The topological polar surface area (TPSA) is 59.1 Å². The molecule has 0 bridgehead atoms. The lowest BCUT2D eigenvalue weighted by Gasteiger charge is -2.15. The number of hydrogen-bond acceptors (Lipinski definition) is 5. The SMILES string of the molecule is COc1cccc(CCNc2nc(C)cc(Nc3ccccc3C(C)C)n2)c1. The van der Waals surface area contributed by atoms with E-state index in [1.807, 2.05) is 31.2 Å². The Kier molecular flexibility index (Phi) is 6.48. The molecule has 0 radical (unpaired) electrons. The fraction of sp³-hybridized carbons (Fsp3) is 0.304. The van der Waals surface area contributed by atoms with Crippen molar-refractivity contribution in [1.82, 2.24) is 9.97 Å². The van der Waals surface area contributed by atoms with E-state index in [9.17, 15) is 0 Å². The number of aryl methyl sites for hydroxylation is 1. The van der Waals surface area contributed by atoms with Gasteiger partial charge in [-0.05, 0) is 48.6 Å². The van der Waals surface area contributed by atoms with Crippen LogP contribution in [0.25, 0.3) is 0 Å². The van der Waals surface area contributed by atoms with Gasteiger partial charge >= 0.3 is 0 Å². The van der Waals surface area contributed by atoms with Crippen molar-refractivity contribution in [1.29, 1.82) is 0 Å². The van der Waals surface area contributed by atoms with Gasteiger partial charge in [-0.1, -0.05) is 44.2 Å². The van der Waals surface area contributed by atoms with Crippen LogP contribution in [0.5, 0.6) is 5.75 Å². The molecule has 0 amide bonds. The lowest BCUT2D eigenvalue weighted by Crippen LogP contribution is -2.10. The standard InChI is InChI=1S/C23H28N4O/c1-16(2)20-10-5-6-11-21(20)26-22-14-17(3)25-23(27-22)24-13-12-18-8-7-9-19(15-18)28-4/h5-11,14-16H,12-13H2,1-4H3,(H2,24,25,26,27). The Morgan fingerprint density at radius 1 is 1.00 bits per heavy atom. The normalized spacial score (nSPS) is 10.8. The van der Waals surface area contributed by atoms with Crippen LogP contribution in [0.1, 0.15) is 36.6 Å². The molecule has 0 aliphatic rings. The van der Waals surface area contributed by atoms with Gasteiger partial charge in [-0.2, -0.15) is 4.98 Å². The molecule has 0 unspecified atom stereocenters. The van der Waals surface area contributed by atoms with Crippen LogP contribution >= 0.6 is 0 Å². The lowest BCUT2D eigenvalue weighted by atomic mass is 10.0. The summed E-state index contributed by atoms with van der Waals surface area (Å²) in [7, 11) is 1.68. The van der Waals surface area contributed by atoms with E-state index >= 15 is 0 Å². The Labute approximate surface area is 167 Å². The van der Waals surface area contributed by atoms with Crippen LogP contribution < -0.4 is 15.4 Å². The van der Waals surface area contributed by atoms with Gasteiger partial charge in [0.15, 0.2) is 0 Å². The molecule has 0 atom stereocenters. The highest BCUT2D eigenvalue weighted by Crippen LogP contribution is 2.26. The molecule has 0 saturated carbocycles. The van der Waals surface area contributed by atoms with Crippen molar-refractivity contribution >= 4 is 17.5 Å². The second kappa shape index (κ2) is 9.22. The van der Waals surface area contributed by atoms with E-state index in [-0.39, 0.29) is 0 Å². The summed E-state index contributed by atoms with van der Waals surface area (Å²) in [6.45, 7) is 7.11. The van der Waals surface area contributed by atoms with E-state index in [0.29, 0.717) is 11.9 Å². The molecule has 146 valence electrons. The lowest BCUT2D eigenvalue weighted by molar-refractivity contribution is 0.414. The van der Waals surface area contributed by atoms with Gasteiger partial charge in [0.1, 0.15) is 11.6 Å². The van der Waals surface area contributed by atoms with Crippen LogP contribution in [-0.4, -0.2) is 23.6 Å². The molecular weight excluding hydrogens is 348 g/mol. The van der Waals surface area contributed by atoms with E-state index in [4.69, 9.17) is 4.74 Å². The summed E-state index contributed by atoms with van der Waals surface area (Å²) in [4.78, 5) is 9.15. The fourth-order valence-corrected chi connectivity index (χ4v) is 3.11. The maximum absolute atomic E-state index is 5.28. The summed E-state index contributed by atoms with van der Waals surface area (Å²) in [5.74, 6) is 2.74. The summed E-state index contributed by atoms with van der Waals surface area (Å²) in [6, 6.07) is 18.4. The molecule has 2 aromatic carbocycles. The zero-order valence-corrected chi connectivity index (χ0v) is 17.0. The molecule has 5 nitrogen and oxygen atoms in total. The first kappa shape index (κ1) is 19.7. The number of hydrogen-bond donors (Lipinski definition) is 2. The van der Waals surface area contributed by atoms with Crippen molar-refractivity contribution in [3.05, 3.63) is 71.4 Å². The number of nitrogens with zero attached hydrogens (tertiary/aromatic N) is 2. The van der Waals surface area contributed by atoms with Crippen molar-refractivity contribution in [2.24, 2.45) is 0 Å². The van der Waals surface area contributed by atoms with Gasteiger partial charge in [0.25, 0.3) is 0 Å². The van der Waals surface area contributed by atoms with Crippen molar-refractivity contribution in [3.63, 3.8) is 0 Å². The van der Waals surface area contributed by atoms with Crippen LogP contribution in [-0.2, 0) is 6.42 Å². The Hall–Kier alpha value is -3.08. The smallest absolute Gasteiger partial charge is 0.224 e. The Bertz CT molecular complexity index is 924. The number of ether oxygens (including phenoxy) is 1. The maximum atomic E-state index is 5.28. The molecule has 0 aliphatic heterocycles. The molecule has 0 fully saturated rings. The summed E-state index contributed by atoms with van der Waals surface area (Å²) < 4.78 is 5.28. The highest BCUT2D eigenvalue weighted by molar-refractivity contribution is 5.62. The van der Waals surface area contributed by atoms with Crippen LogP contribution in [0, 0.1) is 6.92 Å².